The van der Waals surface area contributed by atoms with Crippen LogP contribution in [0.3, 0.4) is 0 Å². The number of nitrogens with zero attached hydrogens (tertiary/aromatic N) is 2. The molecule has 2 amide bonds. The first-order valence-electron chi connectivity index (χ1n) is 9.08. The minimum Gasteiger partial charge on any atom is -0.486 e. The maximum Gasteiger partial charge on any atom is 0.290 e. The summed E-state index contributed by atoms with van der Waals surface area (Å²) in [5, 5.41) is 3.29. The Bertz CT molecular complexity index is 1050. The van der Waals surface area contributed by atoms with E-state index in [0.29, 0.717) is 28.3 Å². The molecule has 0 radical (unpaired) electrons. The number of carbonyl (C=O) groups is 2. The van der Waals surface area contributed by atoms with Gasteiger partial charge in [-0.05, 0) is 43.3 Å². The maximum atomic E-state index is 13.0. The molecule has 1 unspecified atom stereocenters. The molecule has 2 aromatic heterocycles. The molecule has 4 rings (SSSR count). The standard InChI is InChI=1S/C20H18FN3O4S2/c1-12-8-22-20(30-12)23-18(25)16-10-29-11-24(16)19(26)17-7-6-15(28-17)9-27-14-4-2-13(21)3-5-14/h2-8,16H,9-11H2,1H3,(H,22,23,25). The molecule has 1 aromatic carbocycles. The summed E-state index contributed by atoms with van der Waals surface area (Å²) in [4.78, 5) is 32.1. The van der Waals surface area contributed by atoms with Crippen molar-refractivity contribution in [3.63, 3.8) is 0 Å². The molecular weight excluding hydrogens is 429 g/mol. The van der Waals surface area contributed by atoms with Crippen LogP contribution in [0.1, 0.15) is 21.2 Å². The van der Waals surface area contributed by atoms with Crippen LogP contribution in [-0.4, -0.2) is 39.4 Å². The van der Waals surface area contributed by atoms with E-state index in [1.54, 1.807) is 18.3 Å². The number of benzene rings is 1. The number of anilines is 1. The van der Waals surface area contributed by atoms with Crippen molar-refractivity contribution in [3.05, 3.63) is 64.8 Å². The van der Waals surface area contributed by atoms with Gasteiger partial charge in [-0.2, -0.15) is 0 Å². The van der Waals surface area contributed by atoms with Gasteiger partial charge in [0.15, 0.2) is 10.9 Å². The molecule has 10 heteroatoms. The summed E-state index contributed by atoms with van der Waals surface area (Å²) in [5.41, 5.74) is 0. The van der Waals surface area contributed by atoms with E-state index in [1.807, 2.05) is 6.92 Å². The van der Waals surface area contributed by atoms with Crippen LogP contribution in [0.5, 0.6) is 5.75 Å². The average Bonchev–Trinajstić information content (AvgIpc) is 3.48. The third kappa shape index (κ3) is 4.65. The number of rotatable bonds is 6. The SMILES string of the molecule is Cc1cnc(NC(=O)C2CSCN2C(=O)c2ccc(COc3ccc(F)cc3)o2)s1. The lowest BCUT2D eigenvalue weighted by molar-refractivity contribution is -0.119. The number of carbonyl (C=O) groups excluding carboxylic acids is 2. The van der Waals surface area contributed by atoms with E-state index in [9.17, 15) is 14.0 Å². The Morgan fingerprint density at radius 2 is 2.10 bits per heavy atom. The highest BCUT2D eigenvalue weighted by Crippen LogP contribution is 2.26. The number of hydrogen-bond acceptors (Lipinski definition) is 7. The second kappa shape index (κ2) is 8.88. The Morgan fingerprint density at radius 3 is 2.83 bits per heavy atom. The fraction of sp³-hybridized carbons (Fsp3) is 0.250. The minimum atomic E-state index is -0.601. The predicted molar refractivity (Wildman–Crippen MR) is 112 cm³/mol. The molecule has 1 fully saturated rings. The van der Waals surface area contributed by atoms with Crippen molar-refractivity contribution in [1.29, 1.82) is 0 Å². The molecule has 0 spiro atoms. The minimum absolute atomic E-state index is 0.0982. The first-order valence-corrected chi connectivity index (χ1v) is 11.1. The third-order valence-electron chi connectivity index (χ3n) is 4.36. The zero-order valence-electron chi connectivity index (χ0n) is 16.0. The number of hydrogen-bond donors (Lipinski definition) is 1. The average molecular weight is 448 g/mol. The van der Waals surface area contributed by atoms with Crippen LogP contribution < -0.4 is 10.1 Å². The van der Waals surface area contributed by atoms with Crippen LogP contribution in [0.15, 0.2) is 47.0 Å². The fourth-order valence-electron chi connectivity index (χ4n) is 2.86. The number of nitrogens with one attached hydrogen (secondary N) is 1. The van der Waals surface area contributed by atoms with Gasteiger partial charge >= 0.3 is 0 Å². The molecule has 3 heterocycles. The van der Waals surface area contributed by atoms with Gasteiger partial charge in [0, 0.05) is 16.8 Å². The molecule has 0 bridgehead atoms. The van der Waals surface area contributed by atoms with Crippen LogP contribution in [0.4, 0.5) is 9.52 Å². The van der Waals surface area contributed by atoms with Gasteiger partial charge < -0.3 is 19.4 Å². The Kier molecular flexibility index (Phi) is 6.05. The van der Waals surface area contributed by atoms with Crippen LogP contribution in [0, 0.1) is 12.7 Å². The molecule has 3 aromatic rings. The van der Waals surface area contributed by atoms with Gasteiger partial charge in [-0.1, -0.05) is 0 Å². The highest BCUT2D eigenvalue weighted by Gasteiger charge is 2.36. The van der Waals surface area contributed by atoms with Gasteiger partial charge in [0.1, 0.15) is 30.0 Å². The lowest BCUT2D eigenvalue weighted by Gasteiger charge is -2.21. The predicted octanol–water partition coefficient (Wildman–Crippen LogP) is 3.92. The quantitative estimate of drug-likeness (QED) is 0.617. The number of aromatic nitrogens is 1. The molecule has 7 nitrogen and oxygen atoms in total. The summed E-state index contributed by atoms with van der Waals surface area (Å²) in [6, 6.07) is 8.24. The van der Waals surface area contributed by atoms with Gasteiger partial charge in [-0.25, -0.2) is 9.37 Å². The molecule has 1 aliphatic heterocycles. The molecule has 1 N–H and O–H groups in total. The van der Waals surface area contributed by atoms with Crippen molar-refractivity contribution in [2.45, 2.75) is 19.6 Å². The lowest BCUT2D eigenvalue weighted by atomic mass is 10.2. The smallest absolute Gasteiger partial charge is 0.290 e. The van der Waals surface area contributed by atoms with E-state index in [4.69, 9.17) is 9.15 Å². The van der Waals surface area contributed by atoms with Gasteiger partial charge in [0.2, 0.25) is 5.91 Å². The fourth-order valence-corrected chi connectivity index (χ4v) is 4.68. The van der Waals surface area contributed by atoms with E-state index in [2.05, 4.69) is 10.3 Å². The van der Waals surface area contributed by atoms with Crippen molar-refractivity contribution < 1.29 is 23.1 Å². The second-order valence-corrected chi connectivity index (χ2v) is 8.80. The van der Waals surface area contributed by atoms with Crippen molar-refractivity contribution in [2.24, 2.45) is 0 Å². The van der Waals surface area contributed by atoms with Crippen molar-refractivity contribution in [1.82, 2.24) is 9.88 Å². The van der Waals surface area contributed by atoms with Crippen LogP contribution in [-0.2, 0) is 11.4 Å². The van der Waals surface area contributed by atoms with E-state index in [0.717, 1.165) is 4.88 Å². The molecule has 1 saturated heterocycles. The zero-order valence-corrected chi connectivity index (χ0v) is 17.6. The first kappa shape index (κ1) is 20.4. The van der Waals surface area contributed by atoms with Crippen molar-refractivity contribution in [3.8, 4) is 5.75 Å². The van der Waals surface area contributed by atoms with Gasteiger partial charge in [0.25, 0.3) is 5.91 Å². The van der Waals surface area contributed by atoms with Gasteiger partial charge in [0.05, 0.1) is 5.88 Å². The molecule has 0 aliphatic carbocycles. The molecular formula is C20H18FN3O4S2. The Labute approximate surface area is 180 Å². The summed E-state index contributed by atoms with van der Waals surface area (Å²) < 4.78 is 24.1. The Hall–Kier alpha value is -2.85. The largest absolute Gasteiger partial charge is 0.486 e. The number of aryl methyl sites for hydroxylation is 1. The van der Waals surface area contributed by atoms with Crippen molar-refractivity contribution >= 4 is 40.0 Å². The Balaban J connectivity index is 1.38. The molecule has 0 saturated carbocycles. The summed E-state index contributed by atoms with van der Waals surface area (Å²) >= 11 is 2.89. The first-order chi connectivity index (χ1) is 14.5. The monoisotopic (exact) mass is 447 g/mol. The van der Waals surface area contributed by atoms with E-state index in [-0.39, 0.29) is 30.0 Å². The molecule has 1 atom stereocenters. The Morgan fingerprint density at radius 1 is 1.30 bits per heavy atom. The van der Waals surface area contributed by atoms with E-state index >= 15 is 0 Å². The number of thioether (sulfide) groups is 1. The number of furan rings is 1. The summed E-state index contributed by atoms with van der Waals surface area (Å²) in [6.45, 7) is 2.00. The number of ether oxygens (including phenoxy) is 1. The van der Waals surface area contributed by atoms with E-state index < -0.39 is 6.04 Å². The molecule has 30 heavy (non-hydrogen) atoms. The highest BCUT2D eigenvalue weighted by molar-refractivity contribution is 7.99. The third-order valence-corrected chi connectivity index (χ3v) is 6.20. The van der Waals surface area contributed by atoms with Crippen LogP contribution in [0.25, 0.3) is 0 Å². The normalized spacial score (nSPS) is 15.9. The number of amides is 2. The highest BCUT2D eigenvalue weighted by atomic mass is 32.2. The molecule has 1 aliphatic rings. The summed E-state index contributed by atoms with van der Waals surface area (Å²) in [5.74, 6) is 1.01. The van der Waals surface area contributed by atoms with Crippen LogP contribution >= 0.6 is 23.1 Å². The maximum absolute atomic E-state index is 13.0. The summed E-state index contributed by atoms with van der Waals surface area (Å²) in [7, 11) is 0. The zero-order chi connectivity index (χ0) is 21.1. The topological polar surface area (TPSA) is 84.7 Å². The van der Waals surface area contributed by atoms with Crippen molar-refractivity contribution in [2.75, 3.05) is 16.9 Å². The van der Waals surface area contributed by atoms with Gasteiger partial charge in [-0.15, -0.1) is 23.1 Å². The van der Waals surface area contributed by atoms with E-state index in [1.165, 1.54) is 52.3 Å². The summed E-state index contributed by atoms with van der Waals surface area (Å²) in [6.07, 6.45) is 1.69. The number of thiazole rings is 1. The molecule has 156 valence electrons. The second-order valence-electron chi connectivity index (χ2n) is 6.56. The van der Waals surface area contributed by atoms with Gasteiger partial charge in [-0.3, -0.25) is 9.59 Å². The van der Waals surface area contributed by atoms with Crippen LogP contribution in [0.2, 0.25) is 0 Å². The lowest BCUT2D eigenvalue weighted by Crippen LogP contribution is -2.44. The number of halogens is 1.